The van der Waals surface area contributed by atoms with Crippen LogP contribution in [0.25, 0.3) is 0 Å². The van der Waals surface area contributed by atoms with Crippen molar-refractivity contribution in [3.63, 3.8) is 0 Å². The van der Waals surface area contributed by atoms with Gasteiger partial charge in [0.25, 0.3) is 0 Å². The van der Waals surface area contributed by atoms with Crippen molar-refractivity contribution >= 4 is 30.8 Å². The molecular weight excluding hydrogens is 177 g/mol. The minimum atomic E-state index is -0.602. The minimum Gasteiger partial charge on any atom is -0.468 e. The van der Waals surface area contributed by atoms with Gasteiger partial charge in [0.1, 0.15) is 5.54 Å². The predicted molar refractivity (Wildman–Crippen MR) is 42.7 cm³/mol. The van der Waals surface area contributed by atoms with E-state index in [4.69, 9.17) is 5.73 Å². The molecule has 0 amide bonds. The molecule has 1 aliphatic rings. The van der Waals surface area contributed by atoms with Gasteiger partial charge in [-0.3, -0.25) is 4.79 Å². The van der Waals surface area contributed by atoms with Crippen LogP contribution in [0, 0.1) is 0 Å². The molecule has 0 aromatic heterocycles. The Morgan fingerprint density at radius 2 is 1.90 bits per heavy atom. The zero-order chi connectivity index (χ0) is 6.20. The molecule has 1 aliphatic carbocycles. The molecule has 0 atom stereocenters. The molecule has 0 aliphatic heterocycles. The first kappa shape index (κ1) is 12.7. The average molecular weight is 188 g/mol. The molecule has 62 valence electrons. The first-order valence-corrected chi connectivity index (χ1v) is 2.56. The predicted octanol–water partition coefficient (Wildman–Crippen LogP) is 0.494. The number of hydrogen-bond donors (Lipinski definition) is 1. The van der Waals surface area contributed by atoms with Gasteiger partial charge in [-0.15, -0.1) is 24.8 Å². The van der Waals surface area contributed by atoms with Crippen molar-refractivity contribution < 1.29 is 9.53 Å². The minimum absolute atomic E-state index is 0. The molecule has 1 fully saturated rings. The van der Waals surface area contributed by atoms with Crippen molar-refractivity contribution in [1.29, 1.82) is 0 Å². The van der Waals surface area contributed by atoms with E-state index in [0.29, 0.717) is 0 Å². The van der Waals surface area contributed by atoms with Gasteiger partial charge in [0, 0.05) is 0 Å². The van der Waals surface area contributed by atoms with Crippen LogP contribution in [0.1, 0.15) is 12.8 Å². The van der Waals surface area contributed by atoms with E-state index in [0.717, 1.165) is 12.8 Å². The monoisotopic (exact) mass is 187 g/mol. The third-order valence-corrected chi connectivity index (χ3v) is 1.38. The molecule has 1 rings (SSSR count). The van der Waals surface area contributed by atoms with E-state index < -0.39 is 5.54 Å². The quantitative estimate of drug-likeness (QED) is 0.609. The Hall–Kier alpha value is 0.01000. The molecule has 0 unspecified atom stereocenters. The van der Waals surface area contributed by atoms with Gasteiger partial charge < -0.3 is 10.5 Å². The van der Waals surface area contributed by atoms with Gasteiger partial charge in [-0.2, -0.15) is 0 Å². The van der Waals surface area contributed by atoms with Gasteiger partial charge in [-0.1, -0.05) is 0 Å². The molecule has 0 saturated heterocycles. The molecular formula is C5H11Cl2NO2. The van der Waals surface area contributed by atoms with E-state index in [9.17, 15) is 4.79 Å². The van der Waals surface area contributed by atoms with Crippen LogP contribution in [-0.2, 0) is 9.53 Å². The first-order chi connectivity index (χ1) is 3.69. The maximum absolute atomic E-state index is 10.5. The number of halogens is 2. The fourth-order valence-corrected chi connectivity index (χ4v) is 0.542. The van der Waals surface area contributed by atoms with Gasteiger partial charge in [0.15, 0.2) is 0 Å². The Labute approximate surface area is 72.1 Å². The van der Waals surface area contributed by atoms with E-state index in [-0.39, 0.29) is 30.8 Å². The molecule has 0 spiro atoms. The number of rotatable bonds is 1. The molecule has 10 heavy (non-hydrogen) atoms. The van der Waals surface area contributed by atoms with E-state index in [1.807, 2.05) is 0 Å². The van der Waals surface area contributed by atoms with E-state index in [1.165, 1.54) is 7.11 Å². The van der Waals surface area contributed by atoms with Crippen LogP contribution < -0.4 is 5.73 Å². The Balaban J connectivity index is 0. The van der Waals surface area contributed by atoms with E-state index in [1.54, 1.807) is 0 Å². The second kappa shape index (κ2) is 4.01. The highest BCUT2D eigenvalue weighted by atomic mass is 35.5. The number of hydrogen-bond acceptors (Lipinski definition) is 3. The normalized spacial score (nSPS) is 17.8. The lowest BCUT2D eigenvalue weighted by atomic mass is 10.3. The lowest BCUT2D eigenvalue weighted by molar-refractivity contribution is -0.143. The van der Waals surface area contributed by atoms with E-state index >= 15 is 0 Å². The summed E-state index contributed by atoms with van der Waals surface area (Å²) >= 11 is 0. The van der Waals surface area contributed by atoms with Crippen LogP contribution in [-0.4, -0.2) is 18.6 Å². The molecule has 0 aromatic carbocycles. The summed E-state index contributed by atoms with van der Waals surface area (Å²) in [4.78, 5) is 10.5. The summed E-state index contributed by atoms with van der Waals surface area (Å²) in [6, 6.07) is 0. The number of methoxy groups -OCH3 is 1. The zero-order valence-electron chi connectivity index (χ0n) is 5.62. The van der Waals surface area contributed by atoms with Gasteiger partial charge in [-0.25, -0.2) is 0 Å². The fourth-order valence-electron chi connectivity index (χ4n) is 0.542. The highest BCUT2D eigenvalue weighted by Crippen LogP contribution is 2.32. The largest absolute Gasteiger partial charge is 0.468 e. The van der Waals surface area contributed by atoms with Crippen LogP contribution in [0.4, 0.5) is 0 Å². The molecule has 0 aromatic rings. The summed E-state index contributed by atoms with van der Waals surface area (Å²) in [6.07, 6.45) is 1.55. The summed E-state index contributed by atoms with van der Waals surface area (Å²) in [5.41, 5.74) is 4.82. The topological polar surface area (TPSA) is 52.3 Å². The lowest BCUT2D eigenvalue weighted by Gasteiger charge is -2.02. The Morgan fingerprint density at radius 1 is 1.50 bits per heavy atom. The number of esters is 1. The molecule has 2 N–H and O–H groups in total. The van der Waals surface area contributed by atoms with Crippen molar-refractivity contribution in [2.45, 2.75) is 18.4 Å². The highest BCUT2D eigenvalue weighted by molar-refractivity contribution is 5.85. The molecule has 5 heteroatoms. The summed E-state index contributed by atoms with van der Waals surface area (Å²) in [5.74, 6) is -0.280. The highest BCUT2D eigenvalue weighted by Gasteiger charge is 2.47. The number of nitrogens with two attached hydrogens (primary N) is 1. The van der Waals surface area contributed by atoms with Gasteiger partial charge >= 0.3 is 5.97 Å². The fraction of sp³-hybridized carbons (Fsp3) is 0.800. The van der Waals surface area contributed by atoms with Crippen LogP contribution >= 0.6 is 24.8 Å². The number of ether oxygens (including phenoxy) is 1. The van der Waals surface area contributed by atoms with Crippen molar-refractivity contribution in [3.8, 4) is 0 Å². The second-order valence-corrected chi connectivity index (χ2v) is 2.15. The molecule has 3 nitrogen and oxygen atoms in total. The number of carbonyl (C=O) groups is 1. The van der Waals surface area contributed by atoms with E-state index in [2.05, 4.69) is 4.74 Å². The summed E-state index contributed by atoms with van der Waals surface area (Å²) in [6.45, 7) is 0. The molecule has 0 bridgehead atoms. The summed E-state index contributed by atoms with van der Waals surface area (Å²) in [5, 5.41) is 0. The third-order valence-electron chi connectivity index (χ3n) is 1.38. The van der Waals surface area contributed by atoms with Gasteiger partial charge in [0.2, 0.25) is 0 Å². The maximum atomic E-state index is 10.5. The second-order valence-electron chi connectivity index (χ2n) is 2.15. The van der Waals surface area contributed by atoms with Gasteiger partial charge in [0.05, 0.1) is 7.11 Å². The lowest BCUT2D eigenvalue weighted by Crippen LogP contribution is -2.33. The standard InChI is InChI=1S/C5H9NO2.2ClH/c1-8-4(7)5(6)2-3-5;;/h2-3,6H2,1H3;2*1H. The molecule has 0 radical (unpaired) electrons. The van der Waals surface area contributed by atoms with Crippen LogP contribution in [0.3, 0.4) is 0 Å². The van der Waals surface area contributed by atoms with Gasteiger partial charge in [-0.05, 0) is 12.8 Å². The van der Waals surface area contributed by atoms with Crippen molar-refractivity contribution in [1.82, 2.24) is 0 Å². The zero-order valence-corrected chi connectivity index (χ0v) is 7.26. The summed E-state index contributed by atoms with van der Waals surface area (Å²) < 4.78 is 4.41. The Kier molecular flexibility index (Phi) is 5.08. The third kappa shape index (κ3) is 2.33. The smallest absolute Gasteiger partial charge is 0.325 e. The van der Waals surface area contributed by atoms with Crippen molar-refractivity contribution in [2.75, 3.05) is 7.11 Å². The first-order valence-electron chi connectivity index (χ1n) is 2.56. The summed E-state index contributed by atoms with van der Waals surface area (Å²) in [7, 11) is 1.36. The SMILES string of the molecule is COC(=O)C1(N)CC1.Cl.Cl. The Bertz CT molecular complexity index is 125. The van der Waals surface area contributed by atoms with Crippen molar-refractivity contribution in [2.24, 2.45) is 5.73 Å². The maximum Gasteiger partial charge on any atom is 0.325 e. The average Bonchev–Trinajstić information content (AvgIpc) is 2.47. The van der Waals surface area contributed by atoms with Crippen LogP contribution in [0.2, 0.25) is 0 Å². The molecule has 1 saturated carbocycles. The van der Waals surface area contributed by atoms with Crippen LogP contribution in [0.15, 0.2) is 0 Å². The van der Waals surface area contributed by atoms with Crippen LogP contribution in [0.5, 0.6) is 0 Å². The van der Waals surface area contributed by atoms with Crippen molar-refractivity contribution in [3.05, 3.63) is 0 Å². The molecule has 0 heterocycles. The Morgan fingerprint density at radius 3 is 2.00 bits per heavy atom. The number of carbonyl (C=O) groups excluding carboxylic acids is 1.